The number of aliphatic hydroxyl groups is 5. The summed E-state index contributed by atoms with van der Waals surface area (Å²) in [5.41, 5.74) is -7.77. The fourth-order valence-electron chi connectivity index (χ4n) is 8.52. The van der Waals surface area contributed by atoms with Gasteiger partial charge in [0.25, 0.3) is 0 Å². The lowest BCUT2D eigenvalue weighted by Gasteiger charge is -2.71. The normalized spacial score (nSPS) is 55.9. The molecule has 36 heavy (non-hydrogen) atoms. The molecule has 5 fully saturated rings. The lowest BCUT2D eigenvalue weighted by Crippen LogP contribution is -2.88. The molecule has 1 spiro atoms. The third-order valence-electron chi connectivity index (χ3n) is 10.3. The van der Waals surface area contributed by atoms with Crippen molar-refractivity contribution in [3.8, 4) is 0 Å². The molecule has 0 unspecified atom stereocenters. The topological polar surface area (TPSA) is 180 Å². The molecule has 200 valence electrons. The van der Waals surface area contributed by atoms with Gasteiger partial charge in [-0.15, -0.1) is 0 Å². The number of ketones is 1. The van der Waals surface area contributed by atoms with Gasteiger partial charge in [-0.3, -0.25) is 4.79 Å². The van der Waals surface area contributed by atoms with E-state index in [0.717, 1.165) is 0 Å². The monoisotopic (exact) mass is 510 g/mol. The number of ether oxygens (including phenoxy) is 3. The Bertz CT molecular complexity index is 1060. The van der Waals surface area contributed by atoms with E-state index in [-0.39, 0.29) is 12.0 Å². The van der Waals surface area contributed by atoms with Gasteiger partial charge in [0.05, 0.1) is 18.1 Å². The summed E-state index contributed by atoms with van der Waals surface area (Å²) in [6.45, 7) is 7.32. The van der Waals surface area contributed by atoms with Gasteiger partial charge >= 0.3 is 11.9 Å². The van der Waals surface area contributed by atoms with Crippen LogP contribution in [0.5, 0.6) is 0 Å². The smallest absolute Gasteiger partial charge is 0.338 e. The number of esters is 2. The van der Waals surface area contributed by atoms with Crippen LogP contribution in [0.4, 0.5) is 0 Å². The molecule has 13 atom stereocenters. The molecule has 2 heterocycles. The third-order valence-corrected chi connectivity index (χ3v) is 10.3. The second kappa shape index (κ2) is 7.58. The number of hydrogen-bond donors (Lipinski definition) is 5. The fourth-order valence-corrected chi connectivity index (χ4v) is 8.52. The standard InChI is InChI=1S/C25H34O11/c1-6-9(2)20(31)35-14-12-10(3)7-11(26)16(28)22(12,4)15-13(27)17(29)23(5)25(33)18(30)21(32)36-19(14)24(15,25)8-34-23/h6,10-15,17-19,26-27,29-30,33H,7-8H2,1-5H3/b9-6-/t10-,11+,12-,13-,14-,15-,17+,18+,19-,22+,23-,24+,25-/m1/s1. The van der Waals surface area contributed by atoms with Gasteiger partial charge in [0, 0.05) is 22.8 Å². The quantitative estimate of drug-likeness (QED) is 0.218. The number of fused-ring (bicyclic) bond motifs is 2. The molecule has 11 heteroatoms. The Morgan fingerprint density at radius 1 is 1.17 bits per heavy atom. The molecule has 0 aromatic rings. The minimum absolute atomic E-state index is 0.0376. The van der Waals surface area contributed by atoms with Gasteiger partial charge in [-0.2, -0.15) is 0 Å². The van der Waals surface area contributed by atoms with E-state index in [9.17, 15) is 39.9 Å². The average molecular weight is 511 g/mol. The number of Topliss-reactive ketones (excluding diaryl/α,β-unsaturated/α-hetero) is 1. The zero-order chi connectivity index (χ0) is 26.7. The first-order valence-corrected chi connectivity index (χ1v) is 12.3. The highest BCUT2D eigenvalue weighted by Gasteiger charge is 2.90. The highest BCUT2D eigenvalue weighted by molar-refractivity contribution is 5.92. The van der Waals surface area contributed by atoms with E-state index < -0.39 is 101 Å². The Morgan fingerprint density at radius 3 is 2.42 bits per heavy atom. The molecular weight excluding hydrogens is 476 g/mol. The first-order chi connectivity index (χ1) is 16.7. The molecule has 5 aliphatic rings. The van der Waals surface area contributed by atoms with Crippen molar-refractivity contribution in [1.82, 2.24) is 0 Å². The summed E-state index contributed by atoms with van der Waals surface area (Å²) in [4.78, 5) is 39.8. The van der Waals surface area contributed by atoms with Crippen molar-refractivity contribution in [2.24, 2.45) is 28.6 Å². The summed E-state index contributed by atoms with van der Waals surface area (Å²) in [5.74, 6) is -5.21. The Morgan fingerprint density at radius 2 is 1.81 bits per heavy atom. The van der Waals surface area contributed by atoms with Crippen LogP contribution in [0.2, 0.25) is 0 Å². The molecule has 11 nitrogen and oxygen atoms in total. The van der Waals surface area contributed by atoms with E-state index in [1.165, 1.54) is 26.8 Å². The van der Waals surface area contributed by atoms with Crippen LogP contribution in [0.1, 0.15) is 41.0 Å². The Hall–Kier alpha value is -1.89. The summed E-state index contributed by atoms with van der Waals surface area (Å²) in [5, 5.41) is 56.7. The largest absolute Gasteiger partial charge is 0.456 e. The van der Waals surface area contributed by atoms with Gasteiger partial charge in [0.2, 0.25) is 0 Å². The van der Waals surface area contributed by atoms with Crippen LogP contribution in [-0.2, 0) is 28.6 Å². The van der Waals surface area contributed by atoms with Crippen LogP contribution in [0.25, 0.3) is 0 Å². The van der Waals surface area contributed by atoms with Crippen LogP contribution >= 0.6 is 0 Å². The van der Waals surface area contributed by atoms with Crippen LogP contribution in [0.15, 0.2) is 11.6 Å². The van der Waals surface area contributed by atoms with Crippen LogP contribution in [0.3, 0.4) is 0 Å². The molecule has 0 aromatic heterocycles. The van der Waals surface area contributed by atoms with Gasteiger partial charge in [0.1, 0.15) is 29.5 Å². The molecular formula is C25H34O11. The zero-order valence-electron chi connectivity index (χ0n) is 20.9. The van der Waals surface area contributed by atoms with E-state index in [2.05, 4.69) is 0 Å². The van der Waals surface area contributed by atoms with E-state index in [1.54, 1.807) is 13.8 Å². The van der Waals surface area contributed by atoms with E-state index in [0.29, 0.717) is 0 Å². The zero-order valence-corrected chi connectivity index (χ0v) is 20.9. The molecule has 3 saturated carbocycles. The third kappa shape index (κ3) is 2.52. The van der Waals surface area contributed by atoms with E-state index >= 15 is 0 Å². The maximum absolute atomic E-state index is 13.8. The predicted molar refractivity (Wildman–Crippen MR) is 119 cm³/mol. The minimum Gasteiger partial charge on any atom is -0.456 e. The average Bonchev–Trinajstić information content (AvgIpc) is 3.01. The summed E-state index contributed by atoms with van der Waals surface area (Å²) < 4.78 is 17.5. The number of aliphatic hydroxyl groups excluding tert-OH is 4. The van der Waals surface area contributed by atoms with Crippen LogP contribution in [-0.4, -0.2) is 97.7 Å². The maximum atomic E-state index is 13.8. The molecule has 0 aromatic carbocycles. The van der Waals surface area contributed by atoms with E-state index in [1.807, 2.05) is 0 Å². The summed E-state index contributed by atoms with van der Waals surface area (Å²) in [6.07, 6.45) is -8.17. The van der Waals surface area contributed by atoms with Crippen LogP contribution in [0, 0.1) is 28.6 Å². The summed E-state index contributed by atoms with van der Waals surface area (Å²) >= 11 is 0. The number of carbonyl (C=O) groups excluding carboxylic acids is 3. The van der Waals surface area contributed by atoms with Gasteiger partial charge in [-0.1, -0.05) is 19.9 Å². The van der Waals surface area contributed by atoms with Crippen molar-refractivity contribution in [2.75, 3.05) is 6.61 Å². The summed E-state index contributed by atoms with van der Waals surface area (Å²) in [6, 6.07) is 0. The van der Waals surface area contributed by atoms with Crippen molar-refractivity contribution < 1.29 is 54.1 Å². The second-order valence-electron chi connectivity index (χ2n) is 11.6. The van der Waals surface area contributed by atoms with Crippen molar-refractivity contribution >= 4 is 17.7 Å². The number of carbonyl (C=O) groups is 3. The molecule has 2 aliphatic heterocycles. The lowest BCUT2D eigenvalue weighted by molar-refractivity contribution is -0.362. The maximum Gasteiger partial charge on any atom is 0.338 e. The van der Waals surface area contributed by atoms with E-state index in [4.69, 9.17) is 14.2 Å². The Balaban J connectivity index is 1.82. The molecule has 2 bridgehead atoms. The number of allylic oxidation sites excluding steroid dienone is 1. The number of rotatable bonds is 2. The van der Waals surface area contributed by atoms with Gasteiger partial charge in [-0.25, -0.2) is 9.59 Å². The van der Waals surface area contributed by atoms with Crippen molar-refractivity contribution in [3.05, 3.63) is 11.6 Å². The molecule has 2 saturated heterocycles. The second-order valence-corrected chi connectivity index (χ2v) is 11.6. The number of hydrogen-bond acceptors (Lipinski definition) is 11. The molecule has 5 rings (SSSR count). The van der Waals surface area contributed by atoms with Gasteiger partial charge < -0.3 is 39.7 Å². The van der Waals surface area contributed by atoms with Crippen molar-refractivity contribution in [1.29, 1.82) is 0 Å². The lowest BCUT2D eigenvalue weighted by atomic mass is 9.35. The van der Waals surface area contributed by atoms with Gasteiger partial charge in [0.15, 0.2) is 18.0 Å². The SMILES string of the molecule is C/C=C(/C)C(=O)O[C@@H]1[C@H]2[C@H](C)C[C@H](O)C(=O)[C@]2(C)[C@H]2[C@@H](O)[C@H](O)[C@@]3(C)OC[C@@]24[C@@H]1OC(=O)[C@H](O)[C@]43O. The first kappa shape index (κ1) is 25.7. The minimum atomic E-state index is -2.51. The highest BCUT2D eigenvalue weighted by Crippen LogP contribution is 2.73. The Labute approximate surface area is 208 Å². The fraction of sp³-hybridized carbons (Fsp3) is 0.800. The van der Waals surface area contributed by atoms with Crippen molar-refractivity contribution in [2.45, 2.75) is 88.9 Å². The molecule has 5 N–H and O–H groups in total. The van der Waals surface area contributed by atoms with Gasteiger partial charge in [-0.05, 0) is 33.1 Å². The molecule has 3 aliphatic carbocycles. The van der Waals surface area contributed by atoms with Crippen molar-refractivity contribution in [3.63, 3.8) is 0 Å². The molecule has 0 amide bonds. The first-order valence-electron chi connectivity index (χ1n) is 12.3. The Kier molecular flexibility index (Phi) is 5.42. The highest BCUT2D eigenvalue weighted by atomic mass is 16.6. The predicted octanol–water partition coefficient (Wildman–Crippen LogP) is -1.39. The summed E-state index contributed by atoms with van der Waals surface area (Å²) in [7, 11) is 0. The molecule has 0 radical (unpaired) electrons. The van der Waals surface area contributed by atoms with Crippen LogP contribution < -0.4 is 0 Å².